The number of aromatic nitrogens is 6. The minimum absolute atomic E-state index is 0.505. The molecule has 0 unspecified atom stereocenters. The summed E-state index contributed by atoms with van der Waals surface area (Å²) < 4.78 is 2.80. The van der Waals surface area contributed by atoms with Crippen LogP contribution in [0, 0.1) is 6.92 Å². The van der Waals surface area contributed by atoms with E-state index in [1.54, 1.807) is 15.7 Å². The first-order chi connectivity index (χ1) is 12.6. The highest BCUT2D eigenvalue weighted by Gasteiger charge is 2.15. The fourth-order valence-corrected chi connectivity index (χ4v) is 3.13. The number of tetrazole rings is 1. The van der Waals surface area contributed by atoms with Gasteiger partial charge >= 0.3 is 0 Å². The maximum atomic E-state index is 4.61. The second kappa shape index (κ2) is 7.05. The van der Waals surface area contributed by atoms with Crippen LogP contribution in [0.4, 0.5) is 0 Å². The zero-order valence-electron chi connectivity index (χ0n) is 13.9. The lowest BCUT2D eigenvalue weighted by atomic mass is 10.2. The zero-order valence-corrected chi connectivity index (χ0v) is 16.4. The summed E-state index contributed by atoms with van der Waals surface area (Å²) in [5.74, 6) is 0.505. The van der Waals surface area contributed by atoms with Crippen molar-refractivity contribution in [3.63, 3.8) is 0 Å². The summed E-state index contributed by atoms with van der Waals surface area (Å²) in [5.41, 5.74) is 3.98. The Hall–Kier alpha value is -2.45. The second-order valence-electron chi connectivity index (χ2n) is 5.90. The van der Waals surface area contributed by atoms with E-state index in [1.807, 2.05) is 55.5 Å². The van der Waals surface area contributed by atoms with Crippen molar-refractivity contribution >= 4 is 28.6 Å². The molecule has 0 bridgehead atoms. The number of aryl methyl sites for hydroxylation is 1. The molecule has 4 rings (SSSR count). The smallest absolute Gasteiger partial charge is 0.209 e. The lowest BCUT2D eigenvalue weighted by molar-refractivity contribution is 0.573. The summed E-state index contributed by atoms with van der Waals surface area (Å²) in [7, 11) is 0. The third-order valence-electron chi connectivity index (χ3n) is 3.95. The quantitative estimate of drug-likeness (QED) is 0.502. The Morgan fingerprint density at radius 1 is 1.04 bits per heavy atom. The molecule has 8 heteroatoms. The molecule has 26 heavy (non-hydrogen) atoms. The van der Waals surface area contributed by atoms with E-state index in [4.69, 9.17) is 0 Å². The van der Waals surface area contributed by atoms with Gasteiger partial charge in [0.1, 0.15) is 5.03 Å². The number of nitrogens with zero attached hydrogens (tertiary/aromatic N) is 6. The molecule has 0 saturated heterocycles. The molecule has 0 saturated carbocycles. The Kier molecular flexibility index (Phi) is 4.60. The van der Waals surface area contributed by atoms with E-state index in [9.17, 15) is 0 Å². The Bertz CT molecular complexity index is 1040. The van der Waals surface area contributed by atoms with Crippen LogP contribution in [-0.4, -0.2) is 30.0 Å². The van der Waals surface area contributed by atoms with Crippen molar-refractivity contribution in [2.45, 2.75) is 18.5 Å². The molecular formula is C18H15BrN6S. The fraction of sp³-hybridized carbons (Fsp3) is 0.111. The summed E-state index contributed by atoms with van der Waals surface area (Å²) in [5, 5.41) is 17.8. The van der Waals surface area contributed by atoms with Gasteiger partial charge in [-0.3, -0.25) is 0 Å². The third-order valence-corrected chi connectivity index (χ3v) is 4.91. The first kappa shape index (κ1) is 17.0. The molecule has 0 radical (unpaired) electrons. The Balaban J connectivity index is 1.60. The van der Waals surface area contributed by atoms with Crippen molar-refractivity contribution in [1.29, 1.82) is 0 Å². The van der Waals surface area contributed by atoms with Crippen molar-refractivity contribution in [1.82, 2.24) is 30.0 Å². The molecule has 0 amide bonds. The van der Waals surface area contributed by atoms with E-state index in [1.165, 1.54) is 5.56 Å². The largest absolute Gasteiger partial charge is 0.227 e. The average Bonchev–Trinajstić information content (AvgIpc) is 3.24. The van der Waals surface area contributed by atoms with Crippen LogP contribution < -0.4 is 0 Å². The van der Waals surface area contributed by atoms with E-state index in [2.05, 4.69) is 49.1 Å². The van der Waals surface area contributed by atoms with Gasteiger partial charge in [0.05, 0.1) is 24.0 Å². The molecule has 0 aliphatic carbocycles. The molecular weight excluding hydrogens is 412 g/mol. The number of benzene rings is 2. The van der Waals surface area contributed by atoms with Crippen LogP contribution in [0.5, 0.6) is 0 Å². The van der Waals surface area contributed by atoms with Gasteiger partial charge in [0.15, 0.2) is 0 Å². The van der Waals surface area contributed by atoms with Gasteiger partial charge in [0.2, 0.25) is 5.82 Å². The van der Waals surface area contributed by atoms with Crippen LogP contribution in [0.15, 0.2) is 64.2 Å². The highest BCUT2D eigenvalue weighted by atomic mass is 79.9. The zero-order chi connectivity index (χ0) is 18.1. The molecule has 2 aromatic heterocycles. The van der Waals surface area contributed by atoms with Gasteiger partial charge in [-0.25, -0.2) is 4.68 Å². The Morgan fingerprint density at radius 2 is 1.77 bits per heavy atom. The molecule has 0 spiro atoms. The van der Waals surface area contributed by atoms with Gasteiger partial charge in [-0.15, -0.1) is 22.8 Å². The average molecular weight is 427 g/mol. The lowest BCUT2D eigenvalue weighted by Gasteiger charge is -2.04. The van der Waals surface area contributed by atoms with Crippen molar-refractivity contribution < 1.29 is 0 Å². The van der Waals surface area contributed by atoms with Crippen LogP contribution in [0.1, 0.15) is 11.1 Å². The predicted octanol–water partition coefficient (Wildman–Crippen LogP) is 3.93. The van der Waals surface area contributed by atoms with Crippen molar-refractivity contribution in [2.24, 2.45) is 0 Å². The standard InChI is InChI=1S/C18H15BrN6S/c1-12-2-8-15(9-3-12)25-18(26)16(10-20-25)17-21-23-24(22-17)11-13-4-6-14(19)7-5-13/h2-10,26H,11H2,1H3. The highest BCUT2D eigenvalue weighted by molar-refractivity contribution is 9.10. The summed E-state index contributed by atoms with van der Waals surface area (Å²) in [6.07, 6.45) is 1.71. The van der Waals surface area contributed by atoms with Crippen molar-refractivity contribution in [2.75, 3.05) is 0 Å². The molecule has 0 N–H and O–H groups in total. The minimum atomic E-state index is 0.505. The molecule has 0 aliphatic heterocycles. The number of rotatable bonds is 4. The first-order valence-corrected chi connectivity index (χ1v) is 9.21. The molecule has 4 aromatic rings. The van der Waals surface area contributed by atoms with Gasteiger partial charge in [0.25, 0.3) is 0 Å². The van der Waals surface area contributed by atoms with Gasteiger partial charge in [-0.1, -0.05) is 45.8 Å². The third kappa shape index (κ3) is 3.42. The maximum absolute atomic E-state index is 4.61. The monoisotopic (exact) mass is 426 g/mol. The van der Waals surface area contributed by atoms with Gasteiger partial charge < -0.3 is 0 Å². The molecule has 0 atom stereocenters. The van der Waals surface area contributed by atoms with Crippen LogP contribution in [0.3, 0.4) is 0 Å². The van der Waals surface area contributed by atoms with Crippen LogP contribution in [0.2, 0.25) is 0 Å². The number of halogens is 1. The fourth-order valence-electron chi connectivity index (χ4n) is 2.55. The van der Waals surface area contributed by atoms with E-state index in [-0.39, 0.29) is 0 Å². The van der Waals surface area contributed by atoms with E-state index >= 15 is 0 Å². The SMILES string of the molecule is Cc1ccc(-n2ncc(-c3nnn(Cc4ccc(Br)cc4)n3)c2S)cc1. The summed E-state index contributed by atoms with van der Waals surface area (Å²) in [6.45, 7) is 2.60. The van der Waals surface area contributed by atoms with Crippen molar-refractivity contribution in [3.8, 4) is 17.1 Å². The minimum Gasteiger partial charge on any atom is -0.227 e. The number of hydrogen-bond donors (Lipinski definition) is 1. The summed E-state index contributed by atoms with van der Waals surface area (Å²) in [6, 6.07) is 16.1. The second-order valence-corrected chi connectivity index (χ2v) is 7.24. The molecule has 130 valence electrons. The van der Waals surface area contributed by atoms with Gasteiger partial charge in [-0.05, 0) is 42.0 Å². The van der Waals surface area contributed by atoms with Crippen LogP contribution >= 0.6 is 28.6 Å². The maximum Gasteiger partial charge on any atom is 0.209 e. The molecule has 2 aromatic carbocycles. The molecule has 2 heterocycles. The predicted molar refractivity (Wildman–Crippen MR) is 106 cm³/mol. The Labute approximate surface area is 164 Å². The van der Waals surface area contributed by atoms with E-state index in [0.717, 1.165) is 21.3 Å². The van der Waals surface area contributed by atoms with Crippen LogP contribution in [-0.2, 0) is 6.54 Å². The molecule has 0 aliphatic rings. The summed E-state index contributed by atoms with van der Waals surface area (Å²) >= 11 is 8.04. The van der Waals surface area contributed by atoms with Crippen molar-refractivity contribution in [3.05, 3.63) is 70.3 Å². The molecule has 0 fully saturated rings. The van der Waals surface area contributed by atoms with E-state index < -0.39 is 0 Å². The number of hydrogen-bond acceptors (Lipinski definition) is 5. The first-order valence-electron chi connectivity index (χ1n) is 7.97. The van der Waals surface area contributed by atoms with E-state index in [0.29, 0.717) is 17.4 Å². The summed E-state index contributed by atoms with van der Waals surface area (Å²) in [4.78, 5) is 1.56. The number of thiol groups is 1. The van der Waals surface area contributed by atoms with Crippen LogP contribution in [0.25, 0.3) is 17.1 Å². The molecule has 6 nitrogen and oxygen atoms in total. The normalized spacial score (nSPS) is 11.0. The highest BCUT2D eigenvalue weighted by Crippen LogP contribution is 2.25. The van der Waals surface area contributed by atoms with Gasteiger partial charge in [-0.2, -0.15) is 9.90 Å². The van der Waals surface area contributed by atoms with Gasteiger partial charge in [0, 0.05) is 4.47 Å². The lowest BCUT2D eigenvalue weighted by Crippen LogP contribution is -2.03. The topological polar surface area (TPSA) is 61.4 Å². The Morgan fingerprint density at radius 3 is 2.50 bits per heavy atom.